The van der Waals surface area contributed by atoms with Crippen LogP contribution < -0.4 is 4.74 Å². The lowest BCUT2D eigenvalue weighted by molar-refractivity contribution is -0.121. The summed E-state index contributed by atoms with van der Waals surface area (Å²) in [6, 6.07) is 17.4. The van der Waals surface area contributed by atoms with Crippen molar-refractivity contribution in [3.8, 4) is 11.8 Å². The van der Waals surface area contributed by atoms with Crippen LogP contribution in [0.5, 0.6) is 5.75 Å². The van der Waals surface area contributed by atoms with Crippen LogP contribution in [-0.4, -0.2) is 5.78 Å². The van der Waals surface area contributed by atoms with Crippen LogP contribution in [0.3, 0.4) is 0 Å². The fourth-order valence-electron chi connectivity index (χ4n) is 2.21. The molecule has 0 saturated carbocycles. The second-order valence-electron chi connectivity index (χ2n) is 6.71. The van der Waals surface area contributed by atoms with Crippen LogP contribution in [0, 0.1) is 16.7 Å². The van der Waals surface area contributed by atoms with Crippen LogP contribution in [0.2, 0.25) is 0 Å². The van der Waals surface area contributed by atoms with Crippen LogP contribution in [-0.2, 0) is 11.4 Å². The first kappa shape index (κ1) is 19.0. The predicted molar refractivity (Wildman–Crippen MR) is 103 cm³/mol. The van der Waals surface area contributed by atoms with Crippen molar-refractivity contribution in [3.05, 3.63) is 69.7 Å². The molecule has 0 saturated heterocycles. The fraction of sp³-hybridized carbons (Fsp3) is 0.238. The third kappa shape index (κ3) is 5.30. The average molecular weight is 398 g/mol. The minimum absolute atomic E-state index is 0.121. The maximum absolute atomic E-state index is 12.4. The highest BCUT2D eigenvalue weighted by atomic mass is 79.9. The normalized spacial score (nSPS) is 11.7. The lowest BCUT2D eigenvalue weighted by atomic mass is 9.86. The molecule has 0 unspecified atom stereocenters. The molecular weight excluding hydrogens is 378 g/mol. The fourth-order valence-corrected chi connectivity index (χ4v) is 2.59. The van der Waals surface area contributed by atoms with E-state index in [0.717, 1.165) is 10.0 Å². The van der Waals surface area contributed by atoms with Gasteiger partial charge in [-0.3, -0.25) is 4.79 Å². The summed E-state index contributed by atoms with van der Waals surface area (Å²) in [5.41, 5.74) is 1.25. The van der Waals surface area contributed by atoms with Gasteiger partial charge in [-0.2, -0.15) is 5.26 Å². The highest BCUT2D eigenvalue weighted by Gasteiger charge is 2.25. The number of ether oxygens (including phenoxy) is 1. The molecule has 0 N–H and O–H groups in total. The van der Waals surface area contributed by atoms with Gasteiger partial charge >= 0.3 is 0 Å². The minimum Gasteiger partial charge on any atom is -0.488 e. The quantitative estimate of drug-likeness (QED) is 0.490. The Balaban J connectivity index is 2.33. The number of rotatable bonds is 5. The van der Waals surface area contributed by atoms with Gasteiger partial charge in [0.15, 0.2) is 5.78 Å². The Kier molecular flexibility index (Phi) is 6.17. The summed E-state index contributed by atoms with van der Waals surface area (Å²) in [4.78, 5) is 12.4. The number of hydrogen-bond donors (Lipinski definition) is 0. The van der Waals surface area contributed by atoms with Crippen LogP contribution in [0.25, 0.3) is 6.08 Å². The molecule has 0 amide bonds. The van der Waals surface area contributed by atoms with Gasteiger partial charge in [0.2, 0.25) is 0 Å². The molecule has 0 aliphatic rings. The molecular formula is C21H20BrNO2. The van der Waals surface area contributed by atoms with E-state index >= 15 is 0 Å². The highest BCUT2D eigenvalue weighted by molar-refractivity contribution is 9.10. The van der Waals surface area contributed by atoms with Crippen LogP contribution in [0.15, 0.2) is 58.6 Å². The monoisotopic (exact) mass is 397 g/mol. The number of carbonyl (C=O) groups is 1. The Morgan fingerprint density at radius 3 is 2.48 bits per heavy atom. The third-order valence-corrected chi connectivity index (χ3v) is 4.05. The van der Waals surface area contributed by atoms with E-state index in [1.165, 1.54) is 0 Å². The molecule has 0 bridgehead atoms. The average Bonchev–Trinajstić information content (AvgIpc) is 2.58. The number of Topliss-reactive ketones (excluding diaryl/α,β-unsaturated/α-hetero) is 1. The second kappa shape index (κ2) is 8.13. The van der Waals surface area contributed by atoms with Gasteiger partial charge in [-0.25, -0.2) is 0 Å². The van der Waals surface area contributed by atoms with Gasteiger partial charge < -0.3 is 4.74 Å². The van der Waals surface area contributed by atoms with Gasteiger partial charge in [-0.05, 0) is 29.8 Å². The van der Waals surface area contributed by atoms with E-state index in [-0.39, 0.29) is 11.4 Å². The van der Waals surface area contributed by atoms with Crippen molar-refractivity contribution in [2.75, 3.05) is 0 Å². The number of halogens is 1. The Morgan fingerprint density at radius 2 is 1.88 bits per heavy atom. The summed E-state index contributed by atoms with van der Waals surface area (Å²) in [5, 5.41) is 9.40. The van der Waals surface area contributed by atoms with Crippen LogP contribution >= 0.6 is 15.9 Å². The number of nitriles is 1. The van der Waals surface area contributed by atoms with Crippen molar-refractivity contribution in [1.82, 2.24) is 0 Å². The molecule has 0 atom stereocenters. The summed E-state index contributed by atoms with van der Waals surface area (Å²) in [6.45, 7) is 5.81. The Morgan fingerprint density at radius 1 is 1.20 bits per heavy atom. The molecule has 0 spiro atoms. The molecule has 2 aromatic carbocycles. The molecule has 0 radical (unpaired) electrons. The standard InChI is InChI=1S/C21H20BrNO2/c1-21(2,3)20(24)17(13-23)11-16-12-18(22)9-10-19(16)25-14-15-7-5-4-6-8-15/h4-12H,14H2,1-3H3/b17-11+. The maximum Gasteiger partial charge on any atom is 0.178 e. The van der Waals surface area contributed by atoms with Gasteiger partial charge in [0.05, 0.1) is 5.57 Å². The van der Waals surface area contributed by atoms with E-state index < -0.39 is 5.41 Å². The van der Waals surface area contributed by atoms with Crippen molar-refractivity contribution >= 4 is 27.8 Å². The Hall–Kier alpha value is -2.38. The number of hydrogen-bond acceptors (Lipinski definition) is 3. The summed E-state index contributed by atoms with van der Waals surface area (Å²) in [6.07, 6.45) is 1.60. The lowest BCUT2D eigenvalue weighted by Gasteiger charge is -2.16. The van der Waals surface area contributed by atoms with E-state index in [9.17, 15) is 10.1 Å². The van der Waals surface area contributed by atoms with Crippen LogP contribution in [0.4, 0.5) is 0 Å². The second-order valence-corrected chi connectivity index (χ2v) is 7.62. The molecule has 0 heterocycles. The van der Waals surface area contributed by atoms with Gasteiger partial charge in [0.25, 0.3) is 0 Å². The van der Waals surface area contributed by atoms with Crippen LogP contribution in [0.1, 0.15) is 31.9 Å². The molecule has 0 aliphatic heterocycles. The van der Waals surface area contributed by atoms with Crippen molar-refractivity contribution in [3.63, 3.8) is 0 Å². The zero-order valence-corrected chi connectivity index (χ0v) is 16.1. The first-order valence-electron chi connectivity index (χ1n) is 7.94. The van der Waals surface area contributed by atoms with Gasteiger partial charge in [-0.15, -0.1) is 0 Å². The van der Waals surface area contributed by atoms with Gasteiger partial charge in [-0.1, -0.05) is 67.0 Å². The number of nitrogens with zero attached hydrogens (tertiary/aromatic N) is 1. The largest absolute Gasteiger partial charge is 0.488 e. The highest BCUT2D eigenvalue weighted by Crippen LogP contribution is 2.28. The molecule has 0 aliphatic carbocycles. The van der Waals surface area contributed by atoms with E-state index in [1.807, 2.05) is 54.6 Å². The zero-order valence-electron chi connectivity index (χ0n) is 14.5. The molecule has 2 rings (SSSR count). The third-order valence-electron chi connectivity index (χ3n) is 3.56. The molecule has 0 aromatic heterocycles. The molecule has 128 valence electrons. The van der Waals surface area contributed by atoms with E-state index in [4.69, 9.17) is 4.74 Å². The molecule has 2 aromatic rings. The van der Waals surface area contributed by atoms with Crippen molar-refractivity contribution in [2.24, 2.45) is 5.41 Å². The first-order valence-corrected chi connectivity index (χ1v) is 8.73. The Bertz CT molecular complexity index is 827. The van der Waals surface area contributed by atoms with E-state index in [1.54, 1.807) is 26.8 Å². The van der Waals surface area contributed by atoms with E-state index in [2.05, 4.69) is 15.9 Å². The number of allylic oxidation sites excluding steroid dienone is 1. The van der Waals surface area contributed by atoms with Crippen molar-refractivity contribution in [1.29, 1.82) is 5.26 Å². The van der Waals surface area contributed by atoms with Crippen molar-refractivity contribution < 1.29 is 9.53 Å². The van der Waals surface area contributed by atoms with E-state index in [0.29, 0.717) is 17.9 Å². The maximum atomic E-state index is 12.4. The summed E-state index contributed by atoms with van der Waals surface area (Å²) >= 11 is 3.43. The van der Waals surface area contributed by atoms with Gasteiger partial charge in [0, 0.05) is 15.5 Å². The summed E-state index contributed by atoms with van der Waals surface area (Å²) < 4.78 is 6.76. The SMILES string of the molecule is CC(C)(C)C(=O)/C(C#N)=C/c1cc(Br)ccc1OCc1ccccc1. The summed E-state index contributed by atoms with van der Waals surface area (Å²) in [5.74, 6) is 0.436. The number of carbonyl (C=O) groups excluding carboxylic acids is 1. The first-order chi connectivity index (χ1) is 11.8. The van der Waals surface area contributed by atoms with Crippen molar-refractivity contribution in [2.45, 2.75) is 27.4 Å². The number of benzene rings is 2. The smallest absolute Gasteiger partial charge is 0.178 e. The topological polar surface area (TPSA) is 50.1 Å². The molecule has 25 heavy (non-hydrogen) atoms. The zero-order chi connectivity index (χ0) is 18.4. The Labute approximate surface area is 157 Å². The molecule has 3 nitrogen and oxygen atoms in total. The molecule has 0 fully saturated rings. The predicted octanol–water partition coefficient (Wildman–Crippen LogP) is 5.55. The minimum atomic E-state index is -0.612. The lowest BCUT2D eigenvalue weighted by Crippen LogP contribution is -2.21. The summed E-state index contributed by atoms with van der Waals surface area (Å²) in [7, 11) is 0. The number of ketones is 1. The molecule has 4 heteroatoms. The van der Waals surface area contributed by atoms with Gasteiger partial charge in [0.1, 0.15) is 18.4 Å².